The third-order valence-electron chi connectivity index (χ3n) is 5.99. The molecule has 0 saturated carbocycles. The van der Waals surface area contributed by atoms with Gasteiger partial charge in [0.2, 0.25) is 5.78 Å². The van der Waals surface area contributed by atoms with Crippen molar-refractivity contribution in [2.24, 2.45) is 0 Å². The third-order valence-corrected chi connectivity index (χ3v) is 5.99. The molecule has 0 fully saturated rings. The van der Waals surface area contributed by atoms with Gasteiger partial charge in [-0.1, -0.05) is 90.9 Å². The second-order valence-electron chi connectivity index (χ2n) is 9.23. The van der Waals surface area contributed by atoms with Gasteiger partial charge in [-0.2, -0.15) is 0 Å². The zero-order valence-corrected chi connectivity index (χ0v) is 22.5. The highest BCUT2D eigenvalue weighted by atomic mass is 16.5. The fraction of sp³-hybridized carbons (Fsp3) is 0.852. The van der Waals surface area contributed by atoms with E-state index in [-0.39, 0.29) is 25.9 Å². The Morgan fingerprint density at radius 1 is 0.714 bits per heavy atom. The number of methoxy groups -OCH3 is 1. The van der Waals surface area contributed by atoms with E-state index in [1.54, 1.807) is 0 Å². The summed E-state index contributed by atoms with van der Waals surface area (Å²) in [6.45, 7) is 4.78. The molecule has 0 aliphatic heterocycles. The summed E-state index contributed by atoms with van der Waals surface area (Å²) in [6, 6.07) is -0.635. The maximum Gasteiger partial charge on any atom is 0.407 e. The fourth-order valence-corrected chi connectivity index (χ4v) is 3.71. The first-order chi connectivity index (χ1) is 16.9. The number of nitrogens with one attached hydrogen (secondary N) is 2. The van der Waals surface area contributed by atoms with Crippen molar-refractivity contribution in [2.75, 3.05) is 20.3 Å². The van der Waals surface area contributed by atoms with Gasteiger partial charge in [0, 0.05) is 19.4 Å². The Hall–Kier alpha value is -2.12. The smallest absolute Gasteiger partial charge is 0.407 e. The summed E-state index contributed by atoms with van der Waals surface area (Å²) in [5.41, 5.74) is 0. The average Bonchev–Trinajstić information content (AvgIpc) is 2.86. The molecule has 0 saturated heterocycles. The number of rotatable bonds is 23. The molecule has 8 nitrogen and oxygen atoms in total. The molecule has 0 unspecified atom stereocenters. The molecule has 2 N–H and O–H groups in total. The van der Waals surface area contributed by atoms with Crippen LogP contribution in [0.3, 0.4) is 0 Å². The van der Waals surface area contributed by atoms with Crippen LogP contribution >= 0.6 is 0 Å². The predicted molar refractivity (Wildman–Crippen MR) is 138 cm³/mol. The molecular formula is C27H50N2O6. The lowest BCUT2D eigenvalue weighted by molar-refractivity contribution is -0.141. The minimum absolute atomic E-state index is 0.0520. The van der Waals surface area contributed by atoms with Crippen LogP contribution in [0.25, 0.3) is 0 Å². The predicted octanol–water partition coefficient (Wildman–Crippen LogP) is 5.61. The number of alkyl carbamates (subject to hydrolysis) is 1. The molecule has 0 bridgehead atoms. The monoisotopic (exact) mass is 498 g/mol. The maximum atomic E-state index is 12.3. The number of ether oxygens (including phenoxy) is 2. The number of unbranched alkanes of at least 4 members (excludes halogenated alkanes) is 12. The molecule has 204 valence electrons. The first kappa shape index (κ1) is 32.9. The van der Waals surface area contributed by atoms with Gasteiger partial charge in [-0.15, -0.1) is 0 Å². The van der Waals surface area contributed by atoms with Gasteiger partial charge in [0.05, 0.1) is 13.2 Å². The summed E-state index contributed by atoms with van der Waals surface area (Å²) in [5.74, 6) is -1.60. The van der Waals surface area contributed by atoms with Gasteiger partial charge in [0.15, 0.2) is 0 Å². The van der Waals surface area contributed by atoms with Crippen LogP contribution in [0.15, 0.2) is 0 Å². The Labute approximate surface area is 212 Å². The summed E-state index contributed by atoms with van der Waals surface area (Å²) in [4.78, 5) is 48.1. The number of carbonyl (C=O) groups is 4. The van der Waals surface area contributed by atoms with Gasteiger partial charge < -0.3 is 20.1 Å². The van der Waals surface area contributed by atoms with Crippen LogP contribution in [0.2, 0.25) is 0 Å². The van der Waals surface area contributed by atoms with Crippen LogP contribution in [0.4, 0.5) is 4.79 Å². The first-order valence-corrected chi connectivity index (χ1v) is 13.8. The van der Waals surface area contributed by atoms with Crippen molar-refractivity contribution in [3.63, 3.8) is 0 Å². The number of hydrogen-bond acceptors (Lipinski definition) is 6. The highest BCUT2D eigenvalue weighted by molar-refractivity contribution is 6.36. The second kappa shape index (κ2) is 23.6. The van der Waals surface area contributed by atoms with Crippen molar-refractivity contribution < 1.29 is 28.7 Å². The zero-order chi connectivity index (χ0) is 26.2. The second-order valence-corrected chi connectivity index (χ2v) is 9.23. The molecule has 0 heterocycles. The number of hydrogen-bond donors (Lipinski definition) is 2. The SMILES string of the molecule is CCCCCCCCCCC(=O)C(=O)N[C@H](CCC(=O)OC)COC(=O)NCCCCCCCC. The largest absolute Gasteiger partial charge is 0.469 e. The van der Waals surface area contributed by atoms with E-state index in [1.165, 1.54) is 52.1 Å². The molecule has 0 spiro atoms. The van der Waals surface area contributed by atoms with E-state index in [1.807, 2.05) is 0 Å². The number of carbonyl (C=O) groups excluding carboxylic acids is 4. The van der Waals surface area contributed by atoms with Crippen molar-refractivity contribution in [2.45, 2.75) is 129 Å². The van der Waals surface area contributed by atoms with Crippen LogP contribution in [0, 0.1) is 0 Å². The van der Waals surface area contributed by atoms with E-state index in [9.17, 15) is 19.2 Å². The number of amides is 2. The summed E-state index contributed by atoms with van der Waals surface area (Å²) < 4.78 is 9.87. The van der Waals surface area contributed by atoms with Crippen molar-refractivity contribution in [3.05, 3.63) is 0 Å². The van der Waals surface area contributed by atoms with Crippen molar-refractivity contribution >= 4 is 23.8 Å². The van der Waals surface area contributed by atoms with E-state index in [2.05, 4.69) is 29.2 Å². The van der Waals surface area contributed by atoms with Crippen LogP contribution in [-0.2, 0) is 23.9 Å². The molecule has 0 rings (SSSR count). The third kappa shape index (κ3) is 20.9. The van der Waals surface area contributed by atoms with Gasteiger partial charge in [-0.3, -0.25) is 14.4 Å². The minimum atomic E-state index is -0.695. The lowest BCUT2D eigenvalue weighted by Crippen LogP contribution is -2.43. The van der Waals surface area contributed by atoms with E-state index in [0.29, 0.717) is 13.0 Å². The van der Waals surface area contributed by atoms with Gasteiger partial charge in [0.25, 0.3) is 5.91 Å². The summed E-state index contributed by atoms with van der Waals surface area (Å²) in [7, 11) is 1.29. The molecular weight excluding hydrogens is 448 g/mol. The normalized spacial score (nSPS) is 11.5. The minimum Gasteiger partial charge on any atom is -0.469 e. The van der Waals surface area contributed by atoms with E-state index in [4.69, 9.17) is 4.74 Å². The van der Waals surface area contributed by atoms with Crippen molar-refractivity contribution in [3.8, 4) is 0 Å². The number of esters is 1. The summed E-state index contributed by atoms with van der Waals surface area (Å²) in [6.07, 6.45) is 15.4. The molecule has 35 heavy (non-hydrogen) atoms. The molecule has 0 aromatic rings. The Morgan fingerprint density at radius 2 is 1.26 bits per heavy atom. The molecule has 8 heteroatoms. The quantitative estimate of drug-likeness (QED) is 0.108. The molecule has 0 aromatic heterocycles. The number of ketones is 1. The van der Waals surface area contributed by atoms with Crippen LogP contribution < -0.4 is 10.6 Å². The van der Waals surface area contributed by atoms with Crippen molar-refractivity contribution in [1.29, 1.82) is 0 Å². The van der Waals surface area contributed by atoms with Crippen LogP contribution in [0.1, 0.15) is 123 Å². The Balaban J connectivity index is 4.28. The zero-order valence-electron chi connectivity index (χ0n) is 22.5. The standard InChI is InChI=1S/C27H50N2O6/c1-4-6-8-10-12-13-14-16-18-24(30)26(32)29-23(19-20-25(31)34-3)22-35-27(33)28-21-17-15-11-9-7-5-2/h23H,4-22H2,1-3H3,(H,28,33)(H,29,32)/t23-/m1/s1. The highest BCUT2D eigenvalue weighted by Crippen LogP contribution is 2.10. The van der Waals surface area contributed by atoms with Gasteiger partial charge in [-0.05, 0) is 19.3 Å². The first-order valence-electron chi connectivity index (χ1n) is 13.8. The van der Waals surface area contributed by atoms with Gasteiger partial charge >= 0.3 is 12.1 Å². The molecule has 1 atom stereocenters. The summed E-state index contributed by atoms with van der Waals surface area (Å²) >= 11 is 0. The molecule has 0 aliphatic rings. The van der Waals surface area contributed by atoms with Gasteiger partial charge in [0.1, 0.15) is 6.61 Å². The maximum absolute atomic E-state index is 12.3. The van der Waals surface area contributed by atoms with Crippen molar-refractivity contribution in [1.82, 2.24) is 10.6 Å². The number of Topliss-reactive ketones (excluding diaryl/α,β-unsaturated/α-hetero) is 1. The molecule has 0 radical (unpaired) electrons. The van der Waals surface area contributed by atoms with E-state index in [0.717, 1.165) is 38.5 Å². The average molecular weight is 499 g/mol. The van der Waals surface area contributed by atoms with Gasteiger partial charge in [-0.25, -0.2) is 4.79 Å². The lowest BCUT2D eigenvalue weighted by Gasteiger charge is -2.18. The topological polar surface area (TPSA) is 111 Å². The molecule has 0 aliphatic carbocycles. The fourth-order valence-electron chi connectivity index (χ4n) is 3.71. The van der Waals surface area contributed by atoms with E-state index < -0.39 is 29.8 Å². The Bertz CT molecular complexity index is 582. The highest BCUT2D eigenvalue weighted by Gasteiger charge is 2.21. The van der Waals surface area contributed by atoms with Crippen LogP contribution in [0.5, 0.6) is 0 Å². The molecule has 0 aromatic carbocycles. The molecule has 2 amide bonds. The lowest BCUT2D eigenvalue weighted by atomic mass is 10.1. The van der Waals surface area contributed by atoms with Crippen LogP contribution in [-0.4, -0.2) is 50.1 Å². The summed E-state index contributed by atoms with van der Waals surface area (Å²) in [5, 5.41) is 5.33. The Morgan fingerprint density at radius 3 is 1.83 bits per heavy atom. The Kier molecular flexibility index (Phi) is 22.2. The van der Waals surface area contributed by atoms with E-state index >= 15 is 0 Å².